The van der Waals surface area contributed by atoms with Gasteiger partial charge in [0.2, 0.25) is 0 Å². The van der Waals surface area contributed by atoms with Gasteiger partial charge in [0, 0.05) is 0 Å². The van der Waals surface area contributed by atoms with Gasteiger partial charge in [0.15, 0.2) is 5.34 Å². The first-order valence-electron chi connectivity index (χ1n) is 0.383. The summed E-state index contributed by atoms with van der Waals surface area (Å²) in [4.78, 5) is 8.11. The van der Waals surface area contributed by atoms with Crippen LogP contribution in [0.3, 0.4) is 0 Å². The van der Waals surface area contributed by atoms with Crippen LogP contribution in [0.4, 0.5) is 0 Å². The van der Waals surface area contributed by atoms with Crippen LogP contribution in [0.15, 0.2) is 5.34 Å². The van der Waals surface area contributed by atoms with Crippen LogP contribution in [-0.4, -0.2) is 22.6 Å². The zero-order valence-corrected chi connectivity index (χ0v) is 3.44. The van der Waals surface area contributed by atoms with Gasteiger partial charge in [-0.2, -0.15) is 0 Å². The maximum absolute atomic E-state index is 8.11. The van der Waals surface area contributed by atoms with E-state index in [-0.39, 0.29) is 22.8 Å². The second-order valence-corrected chi connectivity index (χ2v) is 0.0816. The summed E-state index contributed by atoms with van der Waals surface area (Å²) in [6, 6.07) is 0. The molecule has 0 saturated carbocycles. The second-order valence-electron chi connectivity index (χ2n) is 0.0816. The van der Waals surface area contributed by atoms with Crippen molar-refractivity contribution in [3.05, 3.63) is 4.91 Å². The molecule has 4 nitrogen and oxygen atoms in total. The summed E-state index contributed by atoms with van der Waals surface area (Å²) in [5, 5.41) is 7.89. The van der Waals surface area contributed by atoms with Gasteiger partial charge < -0.3 is 10.7 Å². The molecular weight excluding hydrogens is 89.0 g/mol. The minimum absolute atomic E-state index is 0. The van der Waals surface area contributed by atoms with Crippen molar-refractivity contribution < 1.29 is 10.7 Å². The largest absolute Gasteiger partial charge is 3.00 e. The minimum Gasteiger partial charge on any atom is -2.00 e. The Morgan fingerprint density at radius 1 is 1.60 bits per heavy atom. The molecule has 0 radical (unpaired) electrons. The van der Waals surface area contributed by atoms with Crippen LogP contribution in [-0.2, 0) is 5.48 Å². The Hall–Kier alpha value is -0.108. The van der Waals surface area contributed by atoms with Crippen molar-refractivity contribution in [1.82, 2.24) is 0 Å². The Bertz CT molecular complexity index is 14.4. The summed E-state index contributed by atoms with van der Waals surface area (Å²) >= 11 is 0. The Kier molecular flexibility index (Phi) is 169. The standard InChI is InChI=1S/Al.HNO2.O/c;2-1-3;/h;(H,2,3);/q+3;;-2. The molecule has 0 aromatic carbocycles. The average molecular weight is 90.0 g/mol. The van der Waals surface area contributed by atoms with Crippen LogP contribution in [0.5, 0.6) is 0 Å². The molecule has 0 amide bonds. The molecule has 0 atom stereocenters. The molecule has 0 aliphatic carbocycles. The van der Waals surface area contributed by atoms with Crippen molar-refractivity contribution in [2.24, 2.45) is 5.34 Å². The number of hydrogen-bond acceptors (Lipinski definition) is 2. The normalized spacial score (nSPS) is 2.40. The molecule has 0 spiro atoms. The molecule has 0 saturated heterocycles. The Morgan fingerprint density at radius 2 is 1.60 bits per heavy atom. The molecule has 0 rings (SSSR count). The maximum atomic E-state index is 8.11. The molecule has 0 aromatic rings. The van der Waals surface area contributed by atoms with Crippen LogP contribution in [0.1, 0.15) is 0 Å². The maximum Gasteiger partial charge on any atom is 3.00 e. The van der Waals surface area contributed by atoms with Crippen LogP contribution < -0.4 is 0 Å². The SMILES string of the molecule is O=NO.[Al+3].[O-2]. The number of hydrogen-bond donors (Lipinski definition) is 1. The van der Waals surface area contributed by atoms with Crippen LogP contribution >= 0.6 is 0 Å². The van der Waals surface area contributed by atoms with E-state index < -0.39 is 0 Å². The predicted molar refractivity (Wildman–Crippen MR) is 14.0 cm³/mol. The van der Waals surface area contributed by atoms with Gasteiger partial charge in [-0.05, 0) is 0 Å². The van der Waals surface area contributed by atoms with Crippen LogP contribution in [0, 0.1) is 4.91 Å². The Morgan fingerprint density at radius 3 is 1.60 bits per heavy atom. The van der Waals surface area contributed by atoms with E-state index in [1.165, 1.54) is 5.34 Å². The Labute approximate surface area is 39.2 Å². The van der Waals surface area contributed by atoms with E-state index in [4.69, 9.17) is 10.1 Å². The van der Waals surface area contributed by atoms with Crippen molar-refractivity contribution in [2.45, 2.75) is 0 Å². The van der Waals surface area contributed by atoms with Gasteiger partial charge in [-0.1, -0.05) is 0 Å². The van der Waals surface area contributed by atoms with Crippen molar-refractivity contribution in [2.75, 3.05) is 0 Å². The summed E-state index contributed by atoms with van der Waals surface area (Å²) in [6.45, 7) is 0. The third-order valence-corrected chi connectivity index (χ3v) is 0. The predicted octanol–water partition coefficient (Wildman–Crippen LogP) is -0.358. The van der Waals surface area contributed by atoms with E-state index in [2.05, 4.69) is 0 Å². The summed E-state index contributed by atoms with van der Waals surface area (Å²) in [5.74, 6) is 0. The van der Waals surface area contributed by atoms with Crippen LogP contribution in [0.25, 0.3) is 0 Å². The van der Waals surface area contributed by atoms with Crippen molar-refractivity contribution >= 4 is 17.4 Å². The van der Waals surface area contributed by atoms with Gasteiger partial charge in [-0.3, -0.25) is 0 Å². The first-order valence-corrected chi connectivity index (χ1v) is 0.383. The third-order valence-electron chi connectivity index (χ3n) is 0. The summed E-state index contributed by atoms with van der Waals surface area (Å²) in [7, 11) is 0. The molecule has 0 bridgehead atoms. The van der Waals surface area contributed by atoms with E-state index in [1.807, 2.05) is 0 Å². The molecule has 0 unspecified atom stereocenters. The monoisotopic (exact) mass is 90.0 g/mol. The molecule has 0 aliphatic heterocycles. The van der Waals surface area contributed by atoms with Gasteiger partial charge in [0.25, 0.3) is 0 Å². The van der Waals surface area contributed by atoms with Crippen molar-refractivity contribution in [3.63, 3.8) is 0 Å². The first-order chi connectivity index (χ1) is 1.41. The summed E-state index contributed by atoms with van der Waals surface area (Å²) < 4.78 is 0. The summed E-state index contributed by atoms with van der Waals surface area (Å²) in [5.41, 5.74) is 0. The van der Waals surface area contributed by atoms with E-state index in [1.54, 1.807) is 0 Å². The fourth-order valence-corrected chi connectivity index (χ4v) is 0. The zero-order valence-electron chi connectivity index (χ0n) is 2.29. The van der Waals surface area contributed by atoms with Crippen molar-refractivity contribution in [1.29, 1.82) is 0 Å². The molecule has 0 aliphatic rings. The number of nitrogens with zero attached hydrogens (tertiary/aromatic N) is 1. The molecule has 0 heterocycles. The molecular formula is HAlNO3+. The smallest absolute Gasteiger partial charge is 2.00 e. The Balaban J connectivity index is -0.0000000200. The molecule has 5 heteroatoms. The van der Waals surface area contributed by atoms with Gasteiger partial charge in [-0.15, -0.1) is 4.91 Å². The van der Waals surface area contributed by atoms with E-state index in [9.17, 15) is 0 Å². The quantitative estimate of drug-likeness (QED) is 0.250. The van der Waals surface area contributed by atoms with Crippen LogP contribution in [0.2, 0.25) is 0 Å². The average Bonchev–Trinajstić information content (AvgIpc) is 0.918. The fraction of sp³-hybridized carbons (Fsp3) is 0. The first kappa shape index (κ1) is 20.7. The van der Waals surface area contributed by atoms with Gasteiger partial charge >= 0.3 is 17.4 Å². The molecule has 0 fully saturated rings. The fourth-order valence-electron chi connectivity index (χ4n) is 0. The minimum atomic E-state index is 0. The summed E-state index contributed by atoms with van der Waals surface area (Å²) in [6.07, 6.45) is 0. The number of rotatable bonds is 0. The molecule has 5 heavy (non-hydrogen) atoms. The van der Waals surface area contributed by atoms with Gasteiger partial charge in [0.05, 0.1) is 0 Å². The molecule has 0 aromatic heterocycles. The molecule has 1 N–H and O–H groups in total. The second kappa shape index (κ2) is 40.9. The van der Waals surface area contributed by atoms with E-state index >= 15 is 0 Å². The van der Waals surface area contributed by atoms with Crippen molar-refractivity contribution in [3.8, 4) is 0 Å². The third kappa shape index (κ3) is 1210. The van der Waals surface area contributed by atoms with Gasteiger partial charge in [-0.25, -0.2) is 0 Å². The molecule has 26 valence electrons. The van der Waals surface area contributed by atoms with E-state index in [0.29, 0.717) is 0 Å². The topological polar surface area (TPSA) is 78.2 Å². The zero-order chi connectivity index (χ0) is 2.71. The van der Waals surface area contributed by atoms with E-state index in [0.717, 1.165) is 0 Å². The van der Waals surface area contributed by atoms with Gasteiger partial charge in [0.1, 0.15) is 0 Å².